The van der Waals surface area contributed by atoms with E-state index in [4.69, 9.17) is 5.73 Å². The van der Waals surface area contributed by atoms with E-state index < -0.39 is 0 Å². The molecule has 1 saturated carbocycles. The minimum absolute atomic E-state index is 0.313. The van der Waals surface area contributed by atoms with E-state index in [1.165, 1.54) is 32.1 Å². The first-order valence-electron chi connectivity index (χ1n) is 8.35. The molecular formula is C18H37N. The summed E-state index contributed by atoms with van der Waals surface area (Å²) in [5.41, 5.74) is 7.55. The minimum atomic E-state index is 0.313. The Bertz CT molecular complexity index is 286. The van der Waals surface area contributed by atoms with Crippen molar-refractivity contribution in [3.8, 4) is 0 Å². The fourth-order valence-corrected chi connectivity index (χ4v) is 4.78. The maximum Gasteiger partial charge on any atom is -0.00179 e. The molecule has 0 aromatic heterocycles. The lowest BCUT2D eigenvalue weighted by molar-refractivity contribution is -0.145. The Morgan fingerprint density at radius 3 is 2.00 bits per heavy atom. The SMILES string of the molecule is CCCC1(C(C)C)CC(C)(C(C)(CN)CC(C)C)C1. The van der Waals surface area contributed by atoms with Crippen molar-refractivity contribution in [2.45, 2.75) is 80.6 Å². The molecule has 1 aliphatic rings. The monoisotopic (exact) mass is 267 g/mol. The molecule has 1 rings (SSSR count). The second-order valence-corrected chi connectivity index (χ2v) is 8.54. The summed E-state index contributed by atoms with van der Waals surface area (Å²) in [5.74, 6) is 1.55. The van der Waals surface area contributed by atoms with Crippen molar-refractivity contribution < 1.29 is 0 Å². The average Bonchev–Trinajstić information content (AvgIpc) is 2.25. The summed E-state index contributed by atoms with van der Waals surface area (Å²) >= 11 is 0. The van der Waals surface area contributed by atoms with E-state index in [1.54, 1.807) is 0 Å². The number of rotatable bonds is 7. The van der Waals surface area contributed by atoms with Gasteiger partial charge in [-0.15, -0.1) is 0 Å². The largest absolute Gasteiger partial charge is 0.330 e. The van der Waals surface area contributed by atoms with Gasteiger partial charge in [0.15, 0.2) is 0 Å². The fraction of sp³-hybridized carbons (Fsp3) is 1.00. The summed E-state index contributed by atoms with van der Waals surface area (Å²) < 4.78 is 0. The molecule has 1 fully saturated rings. The zero-order valence-electron chi connectivity index (χ0n) is 14.5. The second-order valence-electron chi connectivity index (χ2n) is 8.54. The van der Waals surface area contributed by atoms with E-state index >= 15 is 0 Å². The molecule has 0 aliphatic heterocycles. The van der Waals surface area contributed by atoms with Crippen LogP contribution >= 0.6 is 0 Å². The van der Waals surface area contributed by atoms with Crippen LogP contribution in [0.4, 0.5) is 0 Å². The Balaban J connectivity index is 2.85. The lowest BCUT2D eigenvalue weighted by Crippen LogP contribution is -2.58. The van der Waals surface area contributed by atoms with Crippen LogP contribution in [0.3, 0.4) is 0 Å². The number of nitrogens with two attached hydrogens (primary N) is 1. The topological polar surface area (TPSA) is 26.0 Å². The molecular weight excluding hydrogens is 230 g/mol. The molecule has 0 aromatic rings. The Kier molecular flexibility index (Phi) is 5.15. The van der Waals surface area contributed by atoms with E-state index in [-0.39, 0.29) is 0 Å². The summed E-state index contributed by atoms with van der Waals surface area (Å²) in [6.07, 6.45) is 6.73. The Hall–Kier alpha value is -0.0400. The lowest BCUT2D eigenvalue weighted by Gasteiger charge is -2.64. The molecule has 0 heterocycles. The maximum atomic E-state index is 6.19. The van der Waals surface area contributed by atoms with Gasteiger partial charge < -0.3 is 5.73 Å². The van der Waals surface area contributed by atoms with Gasteiger partial charge in [-0.1, -0.05) is 54.9 Å². The maximum absolute atomic E-state index is 6.19. The van der Waals surface area contributed by atoms with Crippen LogP contribution < -0.4 is 5.73 Å². The van der Waals surface area contributed by atoms with Crippen molar-refractivity contribution in [3.63, 3.8) is 0 Å². The highest BCUT2D eigenvalue weighted by Crippen LogP contribution is 2.67. The van der Waals surface area contributed by atoms with Crippen molar-refractivity contribution in [3.05, 3.63) is 0 Å². The summed E-state index contributed by atoms with van der Waals surface area (Å²) in [5, 5.41) is 0. The highest BCUT2D eigenvalue weighted by atomic mass is 14.7. The van der Waals surface area contributed by atoms with Crippen molar-refractivity contribution in [2.24, 2.45) is 33.8 Å². The summed E-state index contributed by atoms with van der Waals surface area (Å²) in [6, 6.07) is 0. The summed E-state index contributed by atoms with van der Waals surface area (Å²) in [7, 11) is 0. The molecule has 0 spiro atoms. The Morgan fingerprint density at radius 2 is 1.68 bits per heavy atom. The summed E-state index contributed by atoms with van der Waals surface area (Å²) in [4.78, 5) is 0. The molecule has 0 radical (unpaired) electrons. The fourth-order valence-electron chi connectivity index (χ4n) is 4.78. The molecule has 1 aliphatic carbocycles. The van der Waals surface area contributed by atoms with Crippen LogP contribution in [0, 0.1) is 28.1 Å². The predicted octanol–water partition coefficient (Wildman–Crippen LogP) is 5.24. The molecule has 1 atom stereocenters. The Labute approximate surface area is 121 Å². The number of hydrogen-bond donors (Lipinski definition) is 1. The van der Waals surface area contributed by atoms with Gasteiger partial charge >= 0.3 is 0 Å². The first-order valence-corrected chi connectivity index (χ1v) is 8.35. The van der Waals surface area contributed by atoms with Crippen LogP contribution in [-0.4, -0.2) is 6.54 Å². The quantitative estimate of drug-likeness (QED) is 0.670. The average molecular weight is 268 g/mol. The van der Waals surface area contributed by atoms with Crippen LogP contribution in [0.2, 0.25) is 0 Å². The highest BCUT2D eigenvalue weighted by molar-refractivity contribution is 5.09. The second kappa shape index (κ2) is 5.76. The van der Waals surface area contributed by atoms with Gasteiger partial charge in [-0.3, -0.25) is 0 Å². The van der Waals surface area contributed by atoms with Crippen molar-refractivity contribution in [2.75, 3.05) is 6.54 Å². The van der Waals surface area contributed by atoms with E-state index in [2.05, 4.69) is 48.5 Å². The standard InChI is InChI=1S/C18H37N/c1-8-9-18(15(4)5)11-17(7,12-18)16(6,13-19)10-14(2)3/h14-15H,8-13,19H2,1-7H3. The Morgan fingerprint density at radius 1 is 1.16 bits per heavy atom. The zero-order chi connectivity index (χ0) is 14.9. The third-order valence-electron chi connectivity index (χ3n) is 6.22. The van der Waals surface area contributed by atoms with Crippen molar-refractivity contribution in [1.29, 1.82) is 0 Å². The van der Waals surface area contributed by atoms with Gasteiger partial charge in [0.25, 0.3) is 0 Å². The first kappa shape index (κ1) is 17.0. The molecule has 1 unspecified atom stereocenters. The van der Waals surface area contributed by atoms with E-state index in [0.717, 1.165) is 18.4 Å². The van der Waals surface area contributed by atoms with Gasteiger partial charge in [0, 0.05) is 0 Å². The van der Waals surface area contributed by atoms with Crippen LogP contribution in [0.1, 0.15) is 80.6 Å². The molecule has 0 bridgehead atoms. The molecule has 19 heavy (non-hydrogen) atoms. The number of hydrogen-bond acceptors (Lipinski definition) is 1. The molecule has 1 nitrogen and oxygen atoms in total. The van der Waals surface area contributed by atoms with Crippen molar-refractivity contribution >= 4 is 0 Å². The van der Waals surface area contributed by atoms with Crippen molar-refractivity contribution in [1.82, 2.24) is 0 Å². The minimum Gasteiger partial charge on any atom is -0.330 e. The zero-order valence-corrected chi connectivity index (χ0v) is 14.5. The van der Waals surface area contributed by atoms with Crippen LogP contribution in [0.5, 0.6) is 0 Å². The third kappa shape index (κ3) is 3.01. The van der Waals surface area contributed by atoms with Crippen LogP contribution in [0.15, 0.2) is 0 Å². The molecule has 0 saturated heterocycles. The smallest absolute Gasteiger partial charge is 0.00179 e. The molecule has 1 heteroatoms. The van der Waals surface area contributed by atoms with Gasteiger partial charge in [-0.05, 0) is 60.3 Å². The van der Waals surface area contributed by atoms with Crippen LogP contribution in [-0.2, 0) is 0 Å². The van der Waals surface area contributed by atoms with Gasteiger partial charge in [-0.2, -0.15) is 0 Å². The lowest BCUT2D eigenvalue weighted by atomic mass is 9.40. The molecule has 0 amide bonds. The van der Waals surface area contributed by atoms with E-state index in [0.29, 0.717) is 16.2 Å². The van der Waals surface area contributed by atoms with Gasteiger partial charge in [-0.25, -0.2) is 0 Å². The molecule has 0 aromatic carbocycles. The normalized spacial score (nSPS) is 34.4. The third-order valence-corrected chi connectivity index (χ3v) is 6.22. The van der Waals surface area contributed by atoms with Gasteiger partial charge in [0.2, 0.25) is 0 Å². The summed E-state index contributed by atoms with van der Waals surface area (Å²) in [6.45, 7) is 17.6. The van der Waals surface area contributed by atoms with Crippen LogP contribution in [0.25, 0.3) is 0 Å². The predicted molar refractivity (Wildman–Crippen MR) is 86.1 cm³/mol. The van der Waals surface area contributed by atoms with Gasteiger partial charge in [0.1, 0.15) is 0 Å². The van der Waals surface area contributed by atoms with E-state index in [9.17, 15) is 0 Å². The molecule has 114 valence electrons. The van der Waals surface area contributed by atoms with Gasteiger partial charge in [0.05, 0.1) is 0 Å². The highest BCUT2D eigenvalue weighted by Gasteiger charge is 2.59. The first-order chi connectivity index (χ1) is 8.65. The van der Waals surface area contributed by atoms with E-state index in [1.807, 2.05) is 0 Å². The molecule has 2 N–H and O–H groups in total.